The van der Waals surface area contributed by atoms with E-state index >= 15 is 0 Å². The minimum Gasteiger partial charge on any atom is -0.461 e. The van der Waals surface area contributed by atoms with Gasteiger partial charge in [-0.1, -0.05) is 30.3 Å². The Morgan fingerprint density at radius 3 is 2.48 bits per heavy atom. The number of carbonyl (C=O) groups is 1. The van der Waals surface area contributed by atoms with Gasteiger partial charge < -0.3 is 18.9 Å². The van der Waals surface area contributed by atoms with Gasteiger partial charge in [0.05, 0.1) is 18.1 Å². The van der Waals surface area contributed by atoms with Crippen molar-refractivity contribution in [2.24, 2.45) is 0 Å². The number of aryl methyl sites for hydroxylation is 2. The number of furan rings is 1. The summed E-state index contributed by atoms with van der Waals surface area (Å²) in [5.74, 6) is 0.590. The number of rotatable bonds is 8. The summed E-state index contributed by atoms with van der Waals surface area (Å²) in [7, 11) is 0. The van der Waals surface area contributed by atoms with Crippen molar-refractivity contribution < 1.29 is 18.4 Å². The van der Waals surface area contributed by atoms with Gasteiger partial charge in [-0.25, -0.2) is 4.79 Å². The summed E-state index contributed by atoms with van der Waals surface area (Å²) < 4.78 is 17.1. The lowest BCUT2D eigenvalue weighted by Crippen LogP contribution is -2.29. The molecule has 0 radical (unpaired) electrons. The number of carbonyl (C=O) groups excluding carboxylic acids is 1. The van der Waals surface area contributed by atoms with Gasteiger partial charge in [0.25, 0.3) is 0 Å². The van der Waals surface area contributed by atoms with Crippen LogP contribution in [-0.4, -0.2) is 25.2 Å². The number of nitrogens with one attached hydrogen (secondary N) is 1. The second-order valence-corrected chi connectivity index (χ2v) is 8.54. The number of ether oxygens (including phenoxy) is 1. The zero-order valence-electron chi connectivity index (χ0n) is 19.5. The van der Waals surface area contributed by atoms with Gasteiger partial charge in [-0.3, -0.25) is 4.79 Å². The van der Waals surface area contributed by atoms with E-state index in [0.717, 1.165) is 39.6 Å². The van der Waals surface area contributed by atoms with Crippen LogP contribution < -0.4 is 10.9 Å². The van der Waals surface area contributed by atoms with Crippen molar-refractivity contribution in [3.8, 4) is 11.1 Å². The molecular weight excluding hydrogens is 418 g/mol. The van der Waals surface area contributed by atoms with E-state index in [4.69, 9.17) is 13.6 Å². The van der Waals surface area contributed by atoms with Crippen LogP contribution in [0, 0.1) is 13.8 Å². The van der Waals surface area contributed by atoms with Crippen LogP contribution in [0.1, 0.15) is 37.2 Å². The molecule has 1 N–H and O–H groups in total. The first-order chi connectivity index (χ1) is 15.8. The lowest BCUT2D eigenvalue weighted by molar-refractivity contribution is -0.120. The Bertz CT molecular complexity index is 1350. The fourth-order valence-electron chi connectivity index (χ4n) is 4.11. The van der Waals surface area contributed by atoms with Crippen molar-refractivity contribution in [1.29, 1.82) is 0 Å². The monoisotopic (exact) mass is 447 g/mol. The summed E-state index contributed by atoms with van der Waals surface area (Å²) in [5.41, 5.74) is 3.82. The van der Waals surface area contributed by atoms with E-state index in [0.29, 0.717) is 29.9 Å². The van der Waals surface area contributed by atoms with Crippen molar-refractivity contribution in [1.82, 2.24) is 5.32 Å². The lowest BCUT2D eigenvalue weighted by Gasteiger charge is -2.10. The third-order valence-corrected chi connectivity index (χ3v) is 5.77. The van der Waals surface area contributed by atoms with E-state index in [1.807, 2.05) is 64.1 Å². The second-order valence-electron chi connectivity index (χ2n) is 8.54. The summed E-state index contributed by atoms with van der Waals surface area (Å²) in [6, 6.07) is 13.8. The molecule has 6 heteroatoms. The number of amides is 1. The Morgan fingerprint density at radius 1 is 1.03 bits per heavy atom. The molecule has 0 spiro atoms. The van der Waals surface area contributed by atoms with Gasteiger partial charge in [-0.2, -0.15) is 0 Å². The van der Waals surface area contributed by atoms with Gasteiger partial charge >= 0.3 is 5.63 Å². The fourth-order valence-corrected chi connectivity index (χ4v) is 4.11. The van der Waals surface area contributed by atoms with Crippen LogP contribution in [0.5, 0.6) is 0 Å². The highest BCUT2D eigenvalue weighted by atomic mass is 16.5. The molecule has 2 aromatic heterocycles. The van der Waals surface area contributed by atoms with E-state index in [1.54, 1.807) is 6.07 Å². The van der Waals surface area contributed by atoms with Crippen LogP contribution in [0.3, 0.4) is 0 Å². The summed E-state index contributed by atoms with van der Waals surface area (Å²) in [4.78, 5) is 25.1. The standard InChI is InChI=1S/C27H29NO5/c1-16(2)31-12-8-11-28-25(29)14-21-17(3)20-13-22-24(15-23(20)33-27(21)30)32-18(4)26(22)19-9-6-5-7-10-19/h5-7,9-10,13,15-16H,8,11-12,14H2,1-4H3,(H,28,29). The molecule has 0 aliphatic carbocycles. The van der Waals surface area contributed by atoms with E-state index in [9.17, 15) is 9.59 Å². The van der Waals surface area contributed by atoms with Crippen molar-refractivity contribution in [3.63, 3.8) is 0 Å². The molecule has 4 aromatic rings. The first-order valence-electron chi connectivity index (χ1n) is 11.3. The van der Waals surface area contributed by atoms with Crippen LogP contribution in [0.2, 0.25) is 0 Å². The van der Waals surface area contributed by atoms with Crippen molar-refractivity contribution >= 4 is 27.8 Å². The first-order valence-corrected chi connectivity index (χ1v) is 11.3. The van der Waals surface area contributed by atoms with Crippen molar-refractivity contribution in [2.75, 3.05) is 13.2 Å². The highest BCUT2D eigenvalue weighted by Crippen LogP contribution is 2.37. The molecule has 0 aliphatic heterocycles. The zero-order valence-corrected chi connectivity index (χ0v) is 19.5. The minimum absolute atomic E-state index is 0.0247. The average Bonchev–Trinajstić information content (AvgIpc) is 3.10. The Labute approximate surface area is 192 Å². The van der Waals surface area contributed by atoms with Crippen LogP contribution in [0.25, 0.3) is 33.1 Å². The topological polar surface area (TPSA) is 81.7 Å². The Balaban J connectivity index is 1.64. The summed E-state index contributed by atoms with van der Waals surface area (Å²) in [5, 5.41) is 4.60. The third-order valence-electron chi connectivity index (χ3n) is 5.77. The van der Waals surface area contributed by atoms with Gasteiger partial charge in [-0.15, -0.1) is 0 Å². The Morgan fingerprint density at radius 2 is 1.76 bits per heavy atom. The van der Waals surface area contributed by atoms with Gasteiger partial charge in [0, 0.05) is 35.6 Å². The van der Waals surface area contributed by atoms with Crippen molar-refractivity contribution in [3.05, 3.63) is 69.8 Å². The third kappa shape index (κ3) is 4.86. The summed E-state index contributed by atoms with van der Waals surface area (Å²) in [6.45, 7) is 8.82. The van der Waals surface area contributed by atoms with Crippen LogP contribution in [0.4, 0.5) is 0 Å². The van der Waals surface area contributed by atoms with Gasteiger partial charge in [0.15, 0.2) is 0 Å². The quantitative estimate of drug-likeness (QED) is 0.293. The second kappa shape index (κ2) is 9.63. The minimum atomic E-state index is -0.496. The maximum Gasteiger partial charge on any atom is 0.340 e. The number of benzene rings is 2. The molecule has 0 bridgehead atoms. The highest BCUT2D eigenvalue weighted by molar-refractivity contribution is 6.03. The zero-order chi connectivity index (χ0) is 23.5. The molecule has 172 valence electrons. The number of fused-ring (bicyclic) bond motifs is 2. The summed E-state index contributed by atoms with van der Waals surface area (Å²) >= 11 is 0. The van der Waals surface area contributed by atoms with E-state index in [1.165, 1.54) is 0 Å². The molecule has 0 aliphatic rings. The molecule has 0 saturated heterocycles. The van der Waals surface area contributed by atoms with E-state index in [-0.39, 0.29) is 18.4 Å². The number of hydrogen-bond acceptors (Lipinski definition) is 5. The average molecular weight is 448 g/mol. The van der Waals surface area contributed by atoms with Gasteiger partial charge in [0.1, 0.15) is 16.9 Å². The Kier molecular flexibility index (Phi) is 6.65. The molecule has 6 nitrogen and oxygen atoms in total. The Hall–Kier alpha value is -3.38. The molecule has 0 unspecified atom stereocenters. The summed E-state index contributed by atoms with van der Waals surface area (Å²) in [6.07, 6.45) is 0.858. The molecule has 33 heavy (non-hydrogen) atoms. The van der Waals surface area contributed by atoms with Crippen LogP contribution in [0.15, 0.2) is 56.1 Å². The highest BCUT2D eigenvalue weighted by Gasteiger charge is 2.19. The van der Waals surface area contributed by atoms with Gasteiger partial charge in [0.2, 0.25) is 5.91 Å². The molecule has 1 amide bonds. The predicted molar refractivity (Wildman–Crippen MR) is 130 cm³/mol. The SMILES string of the molecule is Cc1oc2cc3oc(=O)c(CC(=O)NCCCOC(C)C)c(C)c3cc2c1-c1ccccc1. The largest absolute Gasteiger partial charge is 0.461 e. The number of hydrogen-bond donors (Lipinski definition) is 1. The molecule has 0 saturated carbocycles. The fraction of sp³-hybridized carbons (Fsp3) is 0.333. The maximum absolute atomic E-state index is 12.7. The molecule has 2 heterocycles. The van der Waals surface area contributed by atoms with E-state index < -0.39 is 5.63 Å². The first kappa shape index (κ1) is 22.8. The lowest BCUT2D eigenvalue weighted by atomic mass is 9.98. The van der Waals surface area contributed by atoms with Gasteiger partial charge in [-0.05, 0) is 51.3 Å². The van der Waals surface area contributed by atoms with Crippen molar-refractivity contribution in [2.45, 2.75) is 46.6 Å². The molecule has 0 atom stereocenters. The predicted octanol–water partition coefficient (Wildman–Crippen LogP) is 5.30. The smallest absolute Gasteiger partial charge is 0.340 e. The molecule has 4 rings (SSSR count). The molecular formula is C27H29NO5. The van der Waals surface area contributed by atoms with Crippen LogP contribution >= 0.6 is 0 Å². The normalized spacial score (nSPS) is 11.5. The maximum atomic E-state index is 12.7. The molecule has 0 fully saturated rings. The van der Waals surface area contributed by atoms with Crippen LogP contribution in [-0.2, 0) is 16.0 Å². The molecule has 2 aromatic carbocycles. The van der Waals surface area contributed by atoms with E-state index in [2.05, 4.69) is 5.32 Å².